The van der Waals surface area contributed by atoms with E-state index in [0.717, 1.165) is 28.8 Å². The van der Waals surface area contributed by atoms with E-state index in [-0.39, 0.29) is 20.1 Å². The summed E-state index contributed by atoms with van der Waals surface area (Å²) in [7, 11) is 0. The van der Waals surface area contributed by atoms with Crippen LogP contribution >= 0.6 is 0 Å². The minimum Gasteiger partial charge on any atom is -0.270 e. The summed E-state index contributed by atoms with van der Waals surface area (Å²) in [5, 5.41) is 4.32. The number of pyridine rings is 1. The molecular weight excluding hydrogens is 547 g/mol. The van der Waals surface area contributed by atoms with Crippen LogP contribution in [0.2, 0.25) is 0 Å². The van der Waals surface area contributed by atoms with Crippen LogP contribution in [0.25, 0.3) is 17.0 Å². The number of fused-ring (bicyclic) bond motifs is 1. The van der Waals surface area contributed by atoms with Gasteiger partial charge in [-0.1, -0.05) is 34.9 Å². The van der Waals surface area contributed by atoms with Gasteiger partial charge in [0.2, 0.25) is 0 Å². The van der Waals surface area contributed by atoms with Crippen molar-refractivity contribution in [3.8, 4) is 11.3 Å². The first-order valence-electron chi connectivity index (χ1n) is 9.61. The fraction of sp³-hybridized carbons (Fsp3) is 0.0769. The molecule has 30 heavy (non-hydrogen) atoms. The number of benzene rings is 2. The average Bonchev–Trinajstić information content (AvgIpc) is 3.37. The van der Waals surface area contributed by atoms with Crippen LogP contribution in [-0.2, 0) is 26.5 Å². The Morgan fingerprint density at radius 2 is 1.60 bits per heavy atom. The van der Waals surface area contributed by atoms with Crippen LogP contribution in [0.15, 0.2) is 90.9 Å². The Bertz CT molecular complexity index is 1150. The molecule has 2 aromatic carbocycles. The van der Waals surface area contributed by atoms with Crippen molar-refractivity contribution >= 4 is 5.70 Å². The van der Waals surface area contributed by atoms with Crippen molar-refractivity contribution in [2.75, 3.05) is 0 Å². The van der Waals surface area contributed by atoms with Crippen molar-refractivity contribution in [1.82, 2.24) is 14.8 Å². The zero-order valence-corrected chi connectivity index (χ0v) is 19.3. The van der Waals surface area contributed by atoms with E-state index in [0.29, 0.717) is 0 Å². The van der Waals surface area contributed by atoms with E-state index in [1.54, 1.807) is 6.20 Å². The van der Waals surface area contributed by atoms with Gasteiger partial charge in [0.05, 0.1) is 0 Å². The number of hydrogen-bond acceptors (Lipinski definition) is 2. The molecule has 2 aromatic heterocycles. The van der Waals surface area contributed by atoms with Crippen LogP contribution in [0.5, 0.6) is 0 Å². The Hall–Kier alpha value is -3.07. The largest absolute Gasteiger partial charge is 0.270 e. The third-order valence-electron chi connectivity index (χ3n) is 5.03. The van der Waals surface area contributed by atoms with E-state index < -0.39 is 0 Å². The van der Waals surface area contributed by atoms with Crippen LogP contribution in [0.1, 0.15) is 29.2 Å². The maximum absolute atomic E-state index is 4.32. The quantitative estimate of drug-likeness (QED) is 0.285. The molecule has 0 saturated heterocycles. The number of aromatic nitrogens is 3. The molecule has 2 heterocycles. The van der Waals surface area contributed by atoms with E-state index in [1.807, 2.05) is 65.6 Å². The Labute approximate surface area is 191 Å². The maximum atomic E-state index is 4.32. The summed E-state index contributed by atoms with van der Waals surface area (Å²) in [4.78, 5) is 4.27. The summed E-state index contributed by atoms with van der Waals surface area (Å²) in [5.41, 5.74) is 9.34. The number of nitrogens with zero attached hydrogens (tertiary/aromatic N) is 3. The second kappa shape index (κ2) is 9.62. The normalized spacial score (nSPS) is 11.9. The van der Waals surface area contributed by atoms with E-state index in [4.69, 9.17) is 0 Å². The number of rotatable bonds is 2. The van der Waals surface area contributed by atoms with E-state index in [2.05, 4.69) is 49.1 Å². The van der Waals surface area contributed by atoms with Gasteiger partial charge in [-0.2, -0.15) is 42.2 Å². The molecule has 0 N–H and O–H groups in total. The molecule has 153 valence electrons. The number of hydrogen-bond donors (Lipinski definition) is 0. The van der Waals surface area contributed by atoms with Gasteiger partial charge >= 0.3 is 0 Å². The van der Waals surface area contributed by atoms with Gasteiger partial charge in [-0.15, -0.1) is 23.8 Å². The summed E-state index contributed by atoms with van der Waals surface area (Å²) in [5.74, 6) is 0. The second-order valence-electron chi connectivity index (χ2n) is 7.08. The van der Waals surface area contributed by atoms with Gasteiger partial charge in [0, 0.05) is 50.1 Å². The SMILES string of the molecule is [CH2-]c1cccc2c1C(n1cccn1)=C(C)C2.[CH2-]c1ccccc1-c1ccccn1.[Ir]. The molecule has 1 aliphatic carbocycles. The van der Waals surface area contributed by atoms with Crippen LogP contribution < -0.4 is 0 Å². The summed E-state index contributed by atoms with van der Waals surface area (Å²) in [6.45, 7) is 10.2. The molecule has 1 aliphatic rings. The van der Waals surface area contributed by atoms with Gasteiger partial charge in [-0.3, -0.25) is 9.67 Å². The molecule has 0 unspecified atom stereocenters. The molecule has 4 aromatic rings. The zero-order valence-electron chi connectivity index (χ0n) is 16.9. The summed E-state index contributed by atoms with van der Waals surface area (Å²) >= 11 is 0. The Morgan fingerprint density at radius 3 is 2.30 bits per heavy atom. The maximum Gasteiger partial charge on any atom is 0.0493 e. The van der Waals surface area contributed by atoms with Crippen LogP contribution in [-0.4, -0.2) is 14.8 Å². The van der Waals surface area contributed by atoms with Crippen LogP contribution in [0.4, 0.5) is 0 Å². The fourth-order valence-electron chi connectivity index (χ4n) is 3.69. The van der Waals surface area contributed by atoms with Crippen molar-refractivity contribution in [3.05, 3.63) is 127 Å². The van der Waals surface area contributed by atoms with Crippen molar-refractivity contribution in [2.45, 2.75) is 13.3 Å². The Balaban J connectivity index is 0.000000169. The summed E-state index contributed by atoms with van der Waals surface area (Å²) < 4.78 is 1.94. The summed E-state index contributed by atoms with van der Waals surface area (Å²) in [6.07, 6.45) is 6.60. The predicted molar refractivity (Wildman–Crippen MR) is 119 cm³/mol. The van der Waals surface area contributed by atoms with E-state index >= 15 is 0 Å². The van der Waals surface area contributed by atoms with E-state index in [1.165, 1.54) is 22.4 Å². The molecule has 0 saturated carbocycles. The minimum absolute atomic E-state index is 0. The molecule has 0 bridgehead atoms. The minimum atomic E-state index is 0. The van der Waals surface area contributed by atoms with Crippen LogP contribution in [0.3, 0.4) is 0 Å². The topological polar surface area (TPSA) is 30.7 Å². The molecule has 4 heteroatoms. The van der Waals surface area contributed by atoms with Gasteiger partial charge in [-0.05, 0) is 31.5 Å². The van der Waals surface area contributed by atoms with Gasteiger partial charge in [0.25, 0.3) is 0 Å². The third kappa shape index (κ3) is 4.40. The van der Waals surface area contributed by atoms with Gasteiger partial charge in [0.15, 0.2) is 0 Å². The monoisotopic (exact) mass is 570 g/mol. The van der Waals surface area contributed by atoms with Gasteiger partial charge < -0.3 is 0 Å². The molecule has 0 amide bonds. The molecule has 3 nitrogen and oxygen atoms in total. The molecule has 5 rings (SSSR count). The van der Waals surface area contributed by atoms with Gasteiger partial charge in [-0.25, -0.2) is 0 Å². The smallest absolute Gasteiger partial charge is 0.0493 e. The van der Waals surface area contributed by atoms with Crippen molar-refractivity contribution in [1.29, 1.82) is 0 Å². The first kappa shape index (κ1) is 21.6. The van der Waals surface area contributed by atoms with Crippen molar-refractivity contribution in [2.24, 2.45) is 0 Å². The average molecular weight is 570 g/mol. The summed E-state index contributed by atoms with van der Waals surface area (Å²) in [6, 6.07) is 22.1. The van der Waals surface area contributed by atoms with Crippen molar-refractivity contribution in [3.63, 3.8) is 0 Å². The Morgan fingerprint density at radius 1 is 0.833 bits per heavy atom. The molecule has 0 aliphatic heterocycles. The second-order valence-corrected chi connectivity index (χ2v) is 7.08. The van der Waals surface area contributed by atoms with Gasteiger partial charge in [0.1, 0.15) is 0 Å². The molecule has 0 fully saturated rings. The first-order valence-corrected chi connectivity index (χ1v) is 9.61. The third-order valence-corrected chi connectivity index (χ3v) is 5.03. The predicted octanol–water partition coefficient (Wildman–Crippen LogP) is 5.83. The van der Waals surface area contributed by atoms with E-state index in [9.17, 15) is 0 Å². The molecule has 0 atom stereocenters. The molecule has 1 radical (unpaired) electrons. The number of allylic oxidation sites excluding steroid dienone is 1. The first-order chi connectivity index (χ1) is 14.1. The molecular formula is C26H23IrN3-2. The molecule has 0 spiro atoms. The fourth-order valence-corrected chi connectivity index (χ4v) is 3.69. The standard InChI is InChI=1S/C14H13N2.C12H10N.Ir/c1-10-5-3-6-12-9-11(2)14(13(10)12)16-8-4-7-15-16;1-10-6-2-3-7-11(10)12-8-4-5-9-13-12;/h3-8H,1,9H2,2H3;2-9H,1H2;/q2*-1;. The zero-order chi connectivity index (χ0) is 20.2. The van der Waals surface area contributed by atoms with Crippen molar-refractivity contribution < 1.29 is 20.1 Å². The van der Waals surface area contributed by atoms with Crippen LogP contribution in [0, 0.1) is 13.8 Å². The Kier molecular flexibility index (Phi) is 6.94.